The van der Waals surface area contributed by atoms with Crippen molar-refractivity contribution in [2.45, 2.75) is 33.2 Å². The second-order valence-electron chi connectivity index (χ2n) is 4.81. The summed E-state index contributed by atoms with van der Waals surface area (Å²) in [6.45, 7) is 7.45. The van der Waals surface area contributed by atoms with Gasteiger partial charge in [-0.1, -0.05) is 6.92 Å². The van der Waals surface area contributed by atoms with E-state index in [-0.39, 0.29) is 11.8 Å². The Kier molecular flexibility index (Phi) is 3.75. The van der Waals surface area contributed by atoms with Gasteiger partial charge in [0.1, 0.15) is 10.6 Å². The fourth-order valence-electron chi connectivity index (χ4n) is 2.47. The number of anilines is 2. The minimum atomic E-state index is -0.370. The van der Waals surface area contributed by atoms with Crippen molar-refractivity contribution in [3.8, 4) is 0 Å². The molecular formula is C12H19N3O2S. The lowest BCUT2D eigenvalue weighted by Crippen LogP contribution is -2.27. The molecule has 0 aromatic carbocycles. The number of esters is 1. The first kappa shape index (κ1) is 13.1. The van der Waals surface area contributed by atoms with Crippen molar-refractivity contribution in [3.05, 3.63) is 5.56 Å². The van der Waals surface area contributed by atoms with Crippen LogP contribution in [0, 0.1) is 5.92 Å². The third-order valence-corrected chi connectivity index (χ3v) is 4.12. The first-order valence-electron chi connectivity index (χ1n) is 6.23. The van der Waals surface area contributed by atoms with E-state index in [0.717, 1.165) is 18.0 Å². The van der Waals surface area contributed by atoms with Gasteiger partial charge in [0.25, 0.3) is 0 Å². The van der Waals surface area contributed by atoms with Crippen molar-refractivity contribution in [3.63, 3.8) is 0 Å². The van der Waals surface area contributed by atoms with Crippen molar-refractivity contribution in [1.82, 2.24) is 4.37 Å². The maximum atomic E-state index is 11.9. The molecule has 2 N–H and O–H groups in total. The van der Waals surface area contributed by atoms with E-state index in [1.165, 1.54) is 11.5 Å². The molecule has 0 spiro atoms. The summed E-state index contributed by atoms with van der Waals surface area (Å²) in [6, 6.07) is 0.410. The summed E-state index contributed by atoms with van der Waals surface area (Å²) in [5.74, 6) is 0.532. The Hall–Kier alpha value is -1.30. The number of carbonyl (C=O) groups is 1. The predicted octanol–water partition coefficient (Wildman–Crippen LogP) is 2.14. The molecule has 0 amide bonds. The molecule has 2 atom stereocenters. The first-order valence-corrected chi connectivity index (χ1v) is 7.00. The first-order chi connectivity index (χ1) is 8.54. The molecule has 0 bridgehead atoms. The third-order valence-electron chi connectivity index (χ3n) is 3.22. The molecule has 1 aliphatic heterocycles. The van der Waals surface area contributed by atoms with E-state index < -0.39 is 0 Å². The monoisotopic (exact) mass is 269 g/mol. The lowest BCUT2D eigenvalue weighted by Gasteiger charge is -2.22. The highest BCUT2D eigenvalue weighted by molar-refractivity contribution is 7.11. The molecule has 1 aliphatic rings. The van der Waals surface area contributed by atoms with Gasteiger partial charge in [-0.25, -0.2) is 4.79 Å². The SMILES string of the molecule is CCOC(=O)c1c(N)nsc1N1CC(C)CC1C. The summed E-state index contributed by atoms with van der Waals surface area (Å²) in [6.07, 6.45) is 1.13. The largest absolute Gasteiger partial charge is 0.462 e. The van der Waals surface area contributed by atoms with Crippen molar-refractivity contribution in [2.24, 2.45) is 5.92 Å². The average Bonchev–Trinajstić information content (AvgIpc) is 2.82. The molecule has 1 saturated heterocycles. The number of ether oxygens (including phenoxy) is 1. The fraction of sp³-hybridized carbons (Fsp3) is 0.667. The van der Waals surface area contributed by atoms with Crippen LogP contribution in [0.4, 0.5) is 10.8 Å². The van der Waals surface area contributed by atoms with Gasteiger partial charge in [0.15, 0.2) is 5.82 Å². The van der Waals surface area contributed by atoms with Crippen LogP contribution >= 0.6 is 11.5 Å². The van der Waals surface area contributed by atoms with Crippen molar-refractivity contribution in [1.29, 1.82) is 0 Å². The Morgan fingerprint density at radius 3 is 2.89 bits per heavy atom. The minimum Gasteiger partial charge on any atom is -0.462 e. The van der Waals surface area contributed by atoms with Crippen LogP contribution in [0.1, 0.15) is 37.6 Å². The zero-order valence-corrected chi connectivity index (χ0v) is 11.8. The van der Waals surface area contributed by atoms with Crippen LogP contribution in [-0.2, 0) is 4.74 Å². The Labute approximate surface area is 111 Å². The molecule has 1 fully saturated rings. The number of carbonyl (C=O) groups excluding carboxylic acids is 1. The number of aromatic nitrogens is 1. The maximum Gasteiger partial charge on any atom is 0.345 e. The number of nitrogen functional groups attached to an aromatic ring is 1. The van der Waals surface area contributed by atoms with Crippen LogP contribution < -0.4 is 10.6 Å². The Morgan fingerprint density at radius 2 is 2.33 bits per heavy atom. The summed E-state index contributed by atoms with van der Waals surface area (Å²) in [7, 11) is 0. The molecule has 6 heteroatoms. The van der Waals surface area contributed by atoms with Crippen LogP contribution in [0.5, 0.6) is 0 Å². The molecule has 5 nitrogen and oxygen atoms in total. The molecule has 1 aromatic rings. The van der Waals surface area contributed by atoms with E-state index in [4.69, 9.17) is 10.5 Å². The average molecular weight is 269 g/mol. The lowest BCUT2D eigenvalue weighted by molar-refractivity contribution is 0.0528. The van der Waals surface area contributed by atoms with Crippen LogP contribution in [0.15, 0.2) is 0 Å². The molecular weight excluding hydrogens is 250 g/mol. The molecule has 0 saturated carbocycles. The minimum absolute atomic E-state index is 0.278. The highest BCUT2D eigenvalue weighted by Crippen LogP contribution is 2.37. The predicted molar refractivity (Wildman–Crippen MR) is 73.1 cm³/mol. The lowest BCUT2D eigenvalue weighted by atomic mass is 10.1. The number of nitrogens with zero attached hydrogens (tertiary/aromatic N) is 2. The molecule has 2 unspecified atom stereocenters. The van der Waals surface area contributed by atoms with Gasteiger partial charge in [-0.2, -0.15) is 4.37 Å². The smallest absolute Gasteiger partial charge is 0.345 e. The summed E-state index contributed by atoms with van der Waals surface area (Å²) in [4.78, 5) is 14.1. The fourth-order valence-corrected chi connectivity index (χ4v) is 3.38. The third kappa shape index (κ3) is 2.29. The molecule has 100 valence electrons. The van der Waals surface area contributed by atoms with Gasteiger partial charge in [0.2, 0.25) is 0 Å². The van der Waals surface area contributed by atoms with E-state index in [1.807, 2.05) is 0 Å². The quantitative estimate of drug-likeness (QED) is 0.851. The highest BCUT2D eigenvalue weighted by atomic mass is 32.1. The van der Waals surface area contributed by atoms with E-state index in [1.54, 1.807) is 6.92 Å². The second kappa shape index (κ2) is 5.14. The summed E-state index contributed by atoms with van der Waals surface area (Å²) < 4.78 is 9.15. The number of rotatable bonds is 3. The van der Waals surface area contributed by atoms with Gasteiger partial charge in [-0.3, -0.25) is 0 Å². The van der Waals surface area contributed by atoms with Crippen molar-refractivity contribution >= 4 is 28.3 Å². The Bertz CT molecular complexity index is 447. The van der Waals surface area contributed by atoms with Gasteiger partial charge in [0.05, 0.1) is 6.61 Å². The van der Waals surface area contributed by atoms with Crippen LogP contribution in [-0.4, -0.2) is 29.5 Å². The number of nitrogens with two attached hydrogens (primary N) is 1. The van der Waals surface area contributed by atoms with E-state index in [0.29, 0.717) is 24.1 Å². The molecule has 1 aromatic heterocycles. The summed E-state index contributed by atoms with van der Waals surface area (Å²) in [5, 5.41) is 0.850. The molecule has 2 heterocycles. The number of hydrogen-bond donors (Lipinski definition) is 1. The molecule has 0 aliphatic carbocycles. The molecule has 18 heavy (non-hydrogen) atoms. The van der Waals surface area contributed by atoms with E-state index in [2.05, 4.69) is 23.1 Å². The zero-order valence-electron chi connectivity index (χ0n) is 11.0. The summed E-state index contributed by atoms with van der Waals surface area (Å²) in [5.41, 5.74) is 6.23. The molecule has 2 rings (SSSR count). The van der Waals surface area contributed by atoms with Gasteiger partial charge in [-0.15, -0.1) is 0 Å². The standard InChI is InChI=1S/C12H19N3O2S/c1-4-17-12(16)9-10(13)14-18-11(9)15-6-7(2)5-8(15)3/h7-8H,4-6H2,1-3H3,(H2,13,14). The van der Waals surface area contributed by atoms with E-state index in [9.17, 15) is 4.79 Å². The van der Waals surface area contributed by atoms with Crippen LogP contribution in [0.2, 0.25) is 0 Å². The Balaban J connectivity index is 2.31. The maximum absolute atomic E-state index is 11.9. The normalized spacial score (nSPS) is 23.4. The van der Waals surface area contributed by atoms with Gasteiger partial charge < -0.3 is 15.4 Å². The van der Waals surface area contributed by atoms with Gasteiger partial charge >= 0.3 is 5.97 Å². The van der Waals surface area contributed by atoms with Gasteiger partial charge in [-0.05, 0) is 37.7 Å². The highest BCUT2D eigenvalue weighted by Gasteiger charge is 2.32. The number of hydrogen-bond acceptors (Lipinski definition) is 6. The second-order valence-corrected chi connectivity index (χ2v) is 5.56. The Morgan fingerprint density at radius 1 is 1.61 bits per heavy atom. The summed E-state index contributed by atoms with van der Waals surface area (Å²) >= 11 is 1.28. The topological polar surface area (TPSA) is 68.5 Å². The van der Waals surface area contributed by atoms with Crippen LogP contribution in [0.3, 0.4) is 0 Å². The van der Waals surface area contributed by atoms with Gasteiger partial charge in [0, 0.05) is 12.6 Å². The molecule has 0 radical (unpaired) electrons. The zero-order chi connectivity index (χ0) is 13.3. The van der Waals surface area contributed by atoms with Crippen LogP contribution in [0.25, 0.3) is 0 Å². The van der Waals surface area contributed by atoms with Crippen molar-refractivity contribution < 1.29 is 9.53 Å². The van der Waals surface area contributed by atoms with Crippen molar-refractivity contribution in [2.75, 3.05) is 23.8 Å². The van der Waals surface area contributed by atoms with E-state index >= 15 is 0 Å².